The minimum atomic E-state index is -1.28. The SMILES string of the molecule is O=C(COC(=O)[C@@H](Cc1ccccc1)N1C(=O)c2ccccc2C1=O)Nc1ccc(F)c(Cl)c1. The number of benzene rings is 3. The van der Waals surface area contributed by atoms with Gasteiger partial charge in [-0.1, -0.05) is 54.1 Å². The summed E-state index contributed by atoms with van der Waals surface area (Å²) in [6.07, 6.45) is 0.0142. The fourth-order valence-corrected chi connectivity index (χ4v) is 3.79. The van der Waals surface area contributed by atoms with E-state index in [4.69, 9.17) is 16.3 Å². The van der Waals surface area contributed by atoms with Crippen molar-refractivity contribution in [2.45, 2.75) is 12.5 Å². The van der Waals surface area contributed by atoms with E-state index in [0.29, 0.717) is 5.56 Å². The second-order valence-electron chi connectivity index (χ2n) is 7.52. The van der Waals surface area contributed by atoms with E-state index in [2.05, 4.69) is 5.32 Å². The maximum absolute atomic E-state index is 13.3. The van der Waals surface area contributed by atoms with E-state index in [1.807, 2.05) is 0 Å². The molecule has 7 nitrogen and oxygen atoms in total. The third-order valence-corrected chi connectivity index (χ3v) is 5.52. The van der Waals surface area contributed by atoms with Crippen molar-refractivity contribution in [3.8, 4) is 0 Å². The number of carbonyl (C=O) groups is 4. The molecular weight excluding hydrogens is 463 g/mol. The van der Waals surface area contributed by atoms with Gasteiger partial charge in [0.25, 0.3) is 17.7 Å². The monoisotopic (exact) mass is 480 g/mol. The highest BCUT2D eigenvalue weighted by Crippen LogP contribution is 2.26. The number of esters is 1. The van der Waals surface area contributed by atoms with Crippen LogP contribution in [0.1, 0.15) is 26.3 Å². The number of carbonyl (C=O) groups excluding carboxylic acids is 4. The summed E-state index contributed by atoms with van der Waals surface area (Å²) in [5.74, 6) is -3.47. The Balaban J connectivity index is 1.50. The molecule has 1 atom stereocenters. The smallest absolute Gasteiger partial charge is 0.330 e. The topological polar surface area (TPSA) is 92.8 Å². The molecule has 0 fully saturated rings. The molecule has 0 saturated heterocycles. The zero-order chi connectivity index (χ0) is 24.2. The average molecular weight is 481 g/mol. The first-order valence-corrected chi connectivity index (χ1v) is 10.7. The van der Waals surface area contributed by atoms with Gasteiger partial charge in [0.15, 0.2) is 6.61 Å². The second-order valence-corrected chi connectivity index (χ2v) is 7.92. The molecule has 0 unspecified atom stereocenters. The van der Waals surface area contributed by atoms with E-state index in [1.165, 1.54) is 24.3 Å². The second kappa shape index (κ2) is 9.84. The minimum Gasteiger partial charge on any atom is -0.454 e. The summed E-state index contributed by atoms with van der Waals surface area (Å²) < 4.78 is 18.5. The predicted molar refractivity (Wildman–Crippen MR) is 122 cm³/mol. The predicted octanol–water partition coefficient (Wildman–Crippen LogP) is 3.87. The summed E-state index contributed by atoms with van der Waals surface area (Å²) >= 11 is 5.70. The highest BCUT2D eigenvalue weighted by Gasteiger charge is 2.43. The van der Waals surface area contributed by atoms with E-state index in [-0.39, 0.29) is 28.3 Å². The van der Waals surface area contributed by atoms with Gasteiger partial charge in [-0.25, -0.2) is 9.18 Å². The number of imide groups is 1. The van der Waals surface area contributed by atoms with Crippen LogP contribution in [0.2, 0.25) is 5.02 Å². The van der Waals surface area contributed by atoms with Crippen molar-refractivity contribution in [2.75, 3.05) is 11.9 Å². The van der Waals surface area contributed by atoms with Crippen molar-refractivity contribution < 1.29 is 28.3 Å². The van der Waals surface area contributed by atoms with Gasteiger partial charge in [0.1, 0.15) is 11.9 Å². The number of fused-ring (bicyclic) bond motifs is 1. The van der Waals surface area contributed by atoms with E-state index >= 15 is 0 Å². The van der Waals surface area contributed by atoms with Crippen LogP contribution in [0.25, 0.3) is 0 Å². The Bertz CT molecular complexity index is 1250. The molecule has 3 amide bonds. The highest BCUT2D eigenvalue weighted by molar-refractivity contribution is 6.31. The number of nitrogens with one attached hydrogen (secondary N) is 1. The molecule has 1 heterocycles. The van der Waals surface area contributed by atoms with Gasteiger partial charge < -0.3 is 10.1 Å². The normalized spacial score (nSPS) is 13.4. The molecule has 0 spiro atoms. The summed E-state index contributed by atoms with van der Waals surface area (Å²) in [5, 5.41) is 2.26. The molecule has 4 rings (SSSR count). The standard InChI is InChI=1S/C25H18ClFN2O5/c26-19-13-16(10-11-20(19)27)28-22(30)14-34-25(33)21(12-15-6-2-1-3-7-15)29-23(31)17-8-4-5-9-18(17)24(29)32/h1-11,13,21H,12,14H2,(H,28,30)/t21-/m1/s1. The molecule has 0 radical (unpaired) electrons. The first-order chi connectivity index (χ1) is 16.3. The van der Waals surface area contributed by atoms with Crippen molar-refractivity contribution in [1.82, 2.24) is 4.90 Å². The molecule has 0 saturated carbocycles. The molecule has 3 aromatic rings. The van der Waals surface area contributed by atoms with Gasteiger partial charge >= 0.3 is 5.97 Å². The van der Waals surface area contributed by atoms with Crippen LogP contribution in [-0.2, 0) is 20.7 Å². The van der Waals surface area contributed by atoms with E-state index in [1.54, 1.807) is 42.5 Å². The van der Waals surface area contributed by atoms with Gasteiger partial charge in [0, 0.05) is 12.1 Å². The number of hydrogen-bond donors (Lipinski definition) is 1. The zero-order valence-electron chi connectivity index (χ0n) is 17.7. The molecule has 34 heavy (non-hydrogen) atoms. The van der Waals surface area contributed by atoms with Gasteiger partial charge in [0.05, 0.1) is 16.1 Å². The molecule has 0 aromatic heterocycles. The summed E-state index contributed by atoms with van der Waals surface area (Å²) in [5.41, 5.74) is 1.31. The number of rotatable bonds is 7. The summed E-state index contributed by atoms with van der Waals surface area (Å²) in [7, 11) is 0. The van der Waals surface area contributed by atoms with Gasteiger partial charge in [0.2, 0.25) is 0 Å². The lowest BCUT2D eigenvalue weighted by molar-refractivity contribution is -0.151. The fourth-order valence-electron chi connectivity index (χ4n) is 3.61. The van der Waals surface area contributed by atoms with Crippen molar-refractivity contribution in [3.05, 3.63) is 100 Å². The largest absolute Gasteiger partial charge is 0.454 e. The molecular formula is C25H18ClFN2O5. The fraction of sp³-hybridized carbons (Fsp3) is 0.120. The number of amides is 3. The number of hydrogen-bond acceptors (Lipinski definition) is 5. The molecule has 9 heteroatoms. The molecule has 0 aliphatic carbocycles. The van der Waals surface area contributed by atoms with Crippen LogP contribution in [0.5, 0.6) is 0 Å². The molecule has 3 aromatic carbocycles. The van der Waals surface area contributed by atoms with Crippen LogP contribution in [0, 0.1) is 5.82 Å². The van der Waals surface area contributed by atoms with E-state index < -0.39 is 42.2 Å². The van der Waals surface area contributed by atoms with Crippen molar-refractivity contribution >= 4 is 41.0 Å². The quantitative estimate of drug-likeness (QED) is 0.409. The molecule has 1 aliphatic heterocycles. The van der Waals surface area contributed by atoms with Crippen molar-refractivity contribution in [1.29, 1.82) is 0 Å². The van der Waals surface area contributed by atoms with E-state index in [9.17, 15) is 23.6 Å². The maximum atomic E-state index is 13.3. The Morgan fingerprint density at radius 2 is 1.56 bits per heavy atom. The minimum absolute atomic E-state index is 0.0142. The zero-order valence-corrected chi connectivity index (χ0v) is 18.4. The van der Waals surface area contributed by atoms with Crippen molar-refractivity contribution in [2.24, 2.45) is 0 Å². The van der Waals surface area contributed by atoms with Crippen LogP contribution in [0.4, 0.5) is 10.1 Å². The molecule has 1 N–H and O–H groups in total. The van der Waals surface area contributed by atoms with Crippen LogP contribution in [0.3, 0.4) is 0 Å². The summed E-state index contributed by atoms with van der Waals surface area (Å²) in [6, 6.07) is 17.5. The third kappa shape index (κ3) is 4.82. The Morgan fingerprint density at radius 1 is 0.941 bits per heavy atom. The lowest BCUT2D eigenvalue weighted by atomic mass is 10.0. The van der Waals surface area contributed by atoms with Gasteiger partial charge in [-0.05, 0) is 35.9 Å². The average Bonchev–Trinajstić information content (AvgIpc) is 3.09. The maximum Gasteiger partial charge on any atom is 0.330 e. The van der Waals surface area contributed by atoms with Gasteiger partial charge in [-0.3, -0.25) is 19.3 Å². The molecule has 1 aliphatic rings. The van der Waals surface area contributed by atoms with Crippen molar-refractivity contribution in [3.63, 3.8) is 0 Å². The van der Waals surface area contributed by atoms with Crippen LogP contribution in [0.15, 0.2) is 72.8 Å². The first-order valence-electron chi connectivity index (χ1n) is 10.3. The summed E-state index contributed by atoms with van der Waals surface area (Å²) in [4.78, 5) is 52.0. The van der Waals surface area contributed by atoms with Crippen LogP contribution in [-0.4, -0.2) is 41.2 Å². The number of halogens is 2. The summed E-state index contributed by atoms with van der Waals surface area (Å²) in [6.45, 7) is -0.678. The highest BCUT2D eigenvalue weighted by atomic mass is 35.5. The lowest BCUT2D eigenvalue weighted by Crippen LogP contribution is -2.47. The van der Waals surface area contributed by atoms with E-state index in [0.717, 1.165) is 11.0 Å². The third-order valence-electron chi connectivity index (χ3n) is 5.23. The Labute approximate surface area is 199 Å². The Morgan fingerprint density at radius 3 is 2.18 bits per heavy atom. The van der Waals surface area contributed by atoms with Crippen LogP contribution < -0.4 is 5.32 Å². The number of anilines is 1. The van der Waals surface area contributed by atoms with Crippen LogP contribution >= 0.6 is 11.6 Å². The molecule has 172 valence electrons. The number of nitrogens with zero attached hydrogens (tertiary/aromatic N) is 1. The Kier molecular flexibility index (Phi) is 6.70. The number of ether oxygens (including phenoxy) is 1. The van der Waals surface area contributed by atoms with Gasteiger partial charge in [-0.2, -0.15) is 0 Å². The lowest BCUT2D eigenvalue weighted by Gasteiger charge is -2.24. The Hall–Kier alpha value is -4.04. The van der Waals surface area contributed by atoms with Gasteiger partial charge in [-0.15, -0.1) is 0 Å². The first kappa shape index (κ1) is 23.1. The molecule has 0 bridgehead atoms.